The Morgan fingerprint density at radius 2 is 1.83 bits per heavy atom. The van der Waals surface area contributed by atoms with Gasteiger partial charge in [-0.15, -0.1) is 6.58 Å². The molecule has 3 nitrogen and oxygen atoms in total. The molecule has 0 radical (unpaired) electrons. The summed E-state index contributed by atoms with van der Waals surface area (Å²) in [7, 11) is 0. The van der Waals surface area contributed by atoms with Crippen LogP contribution in [0.3, 0.4) is 0 Å². The summed E-state index contributed by atoms with van der Waals surface area (Å²) in [5, 5.41) is 3.54. The maximum absolute atomic E-state index is 4.20. The lowest BCUT2D eigenvalue weighted by Gasteiger charge is -2.48. The summed E-state index contributed by atoms with van der Waals surface area (Å²) in [5.41, 5.74) is 2.98. The second-order valence-corrected chi connectivity index (χ2v) is 7.41. The number of hydrogen-bond donors (Lipinski definition) is 1. The van der Waals surface area contributed by atoms with Crippen LogP contribution in [-0.4, -0.2) is 36.2 Å². The second kappa shape index (κ2) is 6.20. The van der Waals surface area contributed by atoms with Gasteiger partial charge in [0.05, 0.1) is 18.0 Å². The minimum atomic E-state index is 0.296. The highest BCUT2D eigenvalue weighted by molar-refractivity contribution is 5.74. The molecule has 2 heterocycles. The summed E-state index contributed by atoms with van der Waals surface area (Å²) in [6.07, 6.45) is 11.6. The first-order chi connectivity index (χ1) is 11.3. The van der Waals surface area contributed by atoms with Gasteiger partial charge in [-0.05, 0) is 37.8 Å². The lowest BCUT2D eigenvalue weighted by atomic mass is 9.79. The van der Waals surface area contributed by atoms with Crippen molar-refractivity contribution in [3.05, 3.63) is 36.9 Å². The smallest absolute Gasteiger partial charge is 0.0880 e. The molecule has 0 bridgehead atoms. The van der Waals surface area contributed by atoms with Crippen LogP contribution in [0.25, 0.3) is 0 Å². The van der Waals surface area contributed by atoms with E-state index in [1.165, 1.54) is 69.4 Å². The summed E-state index contributed by atoms with van der Waals surface area (Å²) < 4.78 is 0. The predicted molar refractivity (Wildman–Crippen MR) is 98.0 cm³/mol. The van der Waals surface area contributed by atoms with Gasteiger partial charge in [0.1, 0.15) is 0 Å². The van der Waals surface area contributed by atoms with Gasteiger partial charge >= 0.3 is 0 Å². The molecule has 0 aromatic heterocycles. The molecule has 4 rings (SSSR count). The van der Waals surface area contributed by atoms with Crippen molar-refractivity contribution in [3.63, 3.8) is 0 Å². The topological polar surface area (TPSA) is 18.5 Å². The molecule has 0 amide bonds. The minimum Gasteiger partial charge on any atom is -0.366 e. The highest BCUT2D eigenvalue weighted by Gasteiger charge is 2.38. The molecule has 3 aliphatic rings. The number of piperidine rings is 1. The van der Waals surface area contributed by atoms with Gasteiger partial charge < -0.3 is 10.2 Å². The number of nitrogens with one attached hydrogen (secondary N) is 1. The molecule has 1 aromatic carbocycles. The fourth-order valence-electron chi connectivity index (χ4n) is 4.89. The van der Waals surface area contributed by atoms with Gasteiger partial charge in [-0.3, -0.25) is 4.90 Å². The molecule has 0 unspecified atom stereocenters. The number of hydrogen-bond acceptors (Lipinski definition) is 3. The fraction of sp³-hybridized carbons (Fsp3) is 0.600. The van der Waals surface area contributed by atoms with Crippen LogP contribution in [0.2, 0.25) is 0 Å². The summed E-state index contributed by atoms with van der Waals surface area (Å²) in [5.74, 6) is 0. The molecule has 1 aliphatic carbocycles. The van der Waals surface area contributed by atoms with E-state index in [0.29, 0.717) is 11.6 Å². The van der Waals surface area contributed by atoms with Crippen LogP contribution in [0.5, 0.6) is 0 Å². The lowest BCUT2D eigenvalue weighted by Crippen LogP contribution is -2.54. The van der Waals surface area contributed by atoms with E-state index in [4.69, 9.17) is 0 Å². The van der Waals surface area contributed by atoms with E-state index in [2.05, 4.69) is 52.0 Å². The van der Waals surface area contributed by atoms with Crippen LogP contribution in [0, 0.1) is 0 Å². The number of nitrogens with zero attached hydrogens (tertiary/aromatic N) is 2. The van der Waals surface area contributed by atoms with Crippen LogP contribution in [0.4, 0.5) is 11.4 Å². The SMILES string of the molecule is C=CC1(N2CCC(N3CNc4ccccc43)CC2)CCCCC1. The number of rotatable bonds is 3. The zero-order valence-corrected chi connectivity index (χ0v) is 14.1. The molecule has 1 saturated heterocycles. The van der Waals surface area contributed by atoms with Gasteiger partial charge in [0.25, 0.3) is 0 Å². The van der Waals surface area contributed by atoms with E-state index >= 15 is 0 Å². The van der Waals surface area contributed by atoms with Crippen LogP contribution in [-0.2, 0) is 0 Å². The Balaban J connectivity index is 1.43. The molecule has 3 heteroatoms. The molecule has 124 valence electrons. The zero-order chi connectivity index (χ0) is 15.7. The van der Waals surface area contributed by atoms with Crippen LogP contribution in [0.15, 0.2) is 36.9 Å². The highest BCUT2D eigenvalue weighted by Crippen LogP contribution is 2.39. The summed E-state index contributed by atoms with van der Waals surface area (Å²) in [4.78, 5) is 5.32. The average molecular weight is 311 g/mol. The van der Waals surface area contributed by atoms with Crippen molar-refractivity contribution in [2.75, 3.05) is 30.0 Å². The normalized spacial score (nSPS) is 25.0. The Hall–Kier alpha value is -1.48. The van der Waals surface area contributed by atoms with Gasteiger partial charge in [-0.1, -0.05) is 37.5 Å². The maximum Gasteiger partial charge on any atom is 0.0880 e. The van der Waals surface area contributed by atoms with Crippen LogP contribution < -0.4 is 10.2 Å². The Bertz CT molecular complexity index is 554. The molecule has 23 heavy (non-hydrogen) atoms. The predicted octanol–water partition coefficient (Wildman–Crippen LogP) is 4.23. The van der Waals surface area contributed by atoms with Crippen molar-refractivity contribution in [3.8, 4) is 0 Å². The molecule has 1 aromatic rings. The number of benzene rings is 1. The van der Waals surface area contributed by atoms with Crippen LogP contribution >= 0.6 is 0 Å². The van der Waals surface area contributed by atoms with Crippen LogP contribution in [0.1, 0.15) is 44.9 Å². The Labute approximate surface area is 140 Å². The number of fused-ring (bicyclic) bond motifs is 1. The van der Waals surface area contributed by atoms with E-state index in [1.807, 2.05) is 0 Å². The van der Waals surface area contributed by atoms with Gasteiger partial charge in [0.2, 0.25) is 0 Å². The third-order valence-electron chi connectivity index (χ3n) is 6.29. The molecular weight excluding hydrogens is 282 g/mol. The van der Waals surface area contributed by atoms with E-state index in [1.54, 1.807) is 0 Å². The molecule has 2 aliphatic heterocycles. The summed E-state index contributed by atoms with van der Waals surface area (Å²) in [6, 6.07) is 9.40. The quantitative estimate of drug-likeness (QED) is 0.843. The Morgan fingerprint density at radius 3 is 2.57 bits per heavy atom. The summed E-state index contributed by atoms with van der Waals surface area (Å²) in [6.45, 7) is 7.60. The third-order valence-corrected chi connectivity index (χ3v) is 6.29. The Morgan fingerprint density at radius 1 is 1.09 bits per heavy atom. The second-order valence-electron chi connectivity index (χ2n) is 7.41. The van der Waals surface area contributed by atoms with E-state index in [9.17, 15) is 0 Å². The highest BCUT2D eigenvalue weighted by atomic mass is 15.3. The van der Waals surface area contributed by atoms with Crippen molar-refractivity contribution < 1.29 is 0 Å². The minimum absolute atomic E-state index is 0.296. The van der Waals surface area contributed by atoms with E-state index in [-0.39, 0.29) is 0 Å². The molecule has 1 saturated carbocycles. The van der Waals surface area contributed by atoms with Gasteiger partial charge in [0, 0.05) is 24.7 Å². The third kappa shape index (κ3) is 2.65. The first-order valence-electron chi connectivity index (χ1n) is 9.31. The van der Waals surface area contributed by atoms with Crippen molar-refractivity contribution in [2.45, 2.75) is 56.5 Å². The standard InChI is InChI=1S/C20H29N3/c1-2-20(12-6-3-7-13-20)22-14-10-17(11-15-22)23-16-21-18-8-4-5-9-19(18)23/h2,4-5,8-9,17,21H,1,3,6-7,10-16H2. The van der Waals surface area contributed by atoms with Crippen molar-refractivity contribution in [2.24, 2.45) is 0 Å². The van der Waals surface area contributed by atoms with E-state index in [0.717, 1.165) is 6.67 Å². The molecule has 2 fully saturated rings. The number of anilines is 2. The van der Waals surface area contributed by atoms with Crippen molar-refractivity contribution >= 4 is 11.4 Å². The zero-order valence-electron chi connectivity index (χ0n) is 14.1. The maximum atomic E-state index is 4.20. The lowest BCUT2D eigenvalue weighted by molar-refractivity contribution is 0.0658. The first-order valence-corrected chi connectivity index (χ1v) is 9.31. The molecule has 1 N–H and O–H groups in total. The first kappa shape index (κ1) is 15.1. The molecule has 0 spiro atoms. The number of para-hydroxylation sites is 2. The van der Waals surface area contributed by atoms with Gasteiger partial charge in [0.15, 0.2) is 0 Å². The summed E-state index contributed by atoms with van der Waals surface area (Å²) >= 11 is 0. The largest absolute Gasteiger partial charge is 0.366 e. The van der Waals surface area contributed by atoms with Gasteiger partial charge in [-0.2, -0.15) is 0 Å². The monoisotopic (exact) mass is 311 g/mol. The Kier molecular flexibility index (Phi) is 4.06. The van der Waals surface area contributed by atoms with E-state index < -0.39 is 0 Å². The molecular formula is C20H29N3. The fourth-order valence-corrected chi connectivity index (χ4v) is 4.89. The molecule has 0 atom stereocenters. The van der Waals surface area contributed by atoms with Gasteiger partial charge in [-0.25, -0.2) is 0 Å². The van der Waals surface area contributed by atoms with Crippen molar-refractivity contribution in [1.82, 2.24) is 4.90 Å². The van der Waals surface area contributed by atoms with Crippen molar-refractivity contribution in [1.29, 1.82) is 0 Å². The average Bonchev–Trinajstić information content (AvgIpc) is 3.06. The number of likely N-dealkylation sites (tertiary alicyclic amines) is 1.